The molecule has 1 heterocycles. The van der Waals surface area contributed by atoms with Crippen LogP contribution in [0.2, 0.25) is 0 Å². The lowest BCUT2D eigenvalue weighted by Gasteiger charge is -2.07. The lowest BCUT2D eigenvalue weighted by molar-refractivity contribution is -0.384. The minimum absolute atomic E-state index is 0.0138. The first-order valence-electron chi connectivity index (χ1n) is 13.0. The van der Waals surface area contributed by atoms with Gasteiger partial charge in [0.05, 0.1) is 28.1 Å². The number of nitrogens with one attached hydrogen (secondary N) is 3. The van der Waals surface area contributed by atoms with E-state index in [1.807, 2.05) is 36.4 Å². The molecule has 0 atom stereocenters. The van der Waals surface area contributed by atoms with Crippen LogP contribution >= 0.6 is 11.8 Å². The molecular weight excluding hydrogens is 570 g/mol. The van der Waals surface area contributed by atoms with Crippen LogP contribution in [0.4, 0.5) is 11.4 Å². The van der Waals surface area contributed by atoms with Gasteiger partial charge in [0.1, 0.15) is 11.5 Å². The van der Waals surface area contributed by atoms with E-state index in [0.717, 1.165) is 5.75 Å². The molecule has 0 radical (unpaired) electrons. The lowest BCUT2D eigenvalue weighted by Crippen LogP contribution is -2.21. The summed E-state index contributed by atoms with van der Waals surface area (Å²) in [5, 5.41) is 16.6. The number of H-pyrrole nitrogens is 1. The Morgan fingerprint density at radius 1 is 0.884 bits per heavy atom. The van der Waals surface area contributed by atoms with Crippen molar-refractivity contribution in [1.82, 2.24) is 15.3 Å². The Hall–Kier alpha value is -5.49. The molecule has 218 valence electrons. The lowest BCUT2D eigenvalue weighted by atomic mass is 10.1. The Labute approximate surface area is 250 Å². The number of hydrogen-bond acceptors (Lipinski definition) is 8. The first kappa shape index (κ1) is 30.5. The van der Waals surface area contributed by atoms with Crippen LogP contribution in [0.25, 0.3) is 11.0 Å². The molecule has 0 aliphatic carbocycles. The fourth-order valence-electron chi connectivity index (χ4n) is 3.68. The number of aromatic nitrogens is 2. The number of carbonyl (C=O) groups excluding carboxylic acids is 3. The summed E-state index contributed by atoms with van der Waals surface area (Å²) in [5.41, 5.74) is 2.38. The second-order valence-corrected chi connectivity index (χ2v) is 9.88. The van der Waals surface area contributed by atoms with E-state index in [1.165, 1.54) is 30.9 Å². The smallest absolute Gasteiger partial charge is 0.271 e. The monoisotopic (exact) mass is 597 g/mol. The first-order valence-corrected chi connectivity index (χ1v) is 14.0. The van der Waals surface area contributed by atoms with Crippen LogP contribution in [0.15, 0.2) is 108 Å². The molecule has 0 bridgehead atoms. The number of anilines is 1. The Morgan fingerprint density at radius 3 is 2.19 bits per heavy atom. The normalized spacial score (nSPS) is 10.3. The average molecular weight is 598 g/mol. The number of benzene rings is 4. The van der Waals surface area contributed by atoms with Crippen molar-refractivity contribution in [2.24, 2.45) is 0 Å². The summed E-state index contributed by atoms with van der Waals surface area (Å²) in [6, 6.07) is 29.7. The molecule has 3 N–H and O–H groups in total. The van der Waals surface area contributed by atoms with Crippen molar-refractivity contribution in [2.45, 2.75) is 11.6 Å². The number of hydrogen-bond donors (Lipinski definition) is 3. The summed E-state index contributed by atoms with van der Waals surface area (Å²) < 4.78 is 5.72. The minimum atomic E-state index is -0.462. The highest BCUT2D eigenvalue weighted by molar-refractivity contribution is 7.99. The van der Waals surface area contributed by atoms with Gasteiger partial charge in [-0.3, -0.25) is 24.5 Å². The van der Waals surface area contributed by atoms with Crippen molar-refractivity contribution in [2.75, 3.05) is 18.1 Å². The number of aromatic amines is 1. The van der Waals surface area contributed by atoms with Crippen LogP contribution < -0.4 is 15.4 Å². The van der Waals surface area contributed by atoms with E-state index in [9.17, 15) is 24.5 Å². The molecule has 12 heteroatoms. The molecule has 0 aliphatic heterocycles. The number of nitro groups is 1. The summed E-state index contributed by atoms with van der Waals surface area (Å²) in [4.78, 5) is 52.2. The number of rotatable bonds is 10. The third-order valence-corrected chi connectivity index (χ3v) is 6.68. The number of non-ortho nitro benzene ring substituents is 1. The molecule has 11 nitrogen and oxygen atoms in total. The number of ether oxygens (including phenoxy) is 1. The van der Waals surface area contributed by atoms with Crippen molar-refractivity contribution in [3.8, 4) is 11.5 Å². The third kappa shape index (κ3) is 9.26. The number of para-hydroxylation sites is 1. The van der Waals surface area contributed by atoms with Gasteiger partial charge < -0.3 is 20.4 Å². The number of nitrogens with zero attached hydrogens (tertiary/aromatic N) is 2. The molecule has 4 aromatic carbocycles. The molecule has 5 rings (SSSR count). The number of Topliss-reactive ketones (excluding diaryl/α,β-unsaturated/α-hetero) is 1. The van der Waals surface area contributed by atoms with E-state index >= 15 is 0 Å². The number of amides is 2. The summed E-state index contributed by atoms with van der Waals surface area (Å²) in [5.74, 6) is 0.952. The first-order chi connectivity index (χ1) is 20.8. The Bertz CT molecular complexity index is 1710. The number of thioether (sulfide) groups is 1. The SMILES string of the molecule is CNC(=O)CC(=O)c1ccccc1.O=C(CSc1nc2ccc([N+](=O)[O-])cc2[nH]1)Nc1ccc(Oc2ccccc2)cc1. The van der Waals surface area contributed by atoms with Crippen LogP contribution in [0.1, 0.15) is 16.8 Å². The van der Waals surface area contributed by atoms with Gasteiger partial charge >= 0.3 is 0 Å². The minimum Gasteiger partial charge on any atom is -0.457 e. The van der Waals surface area contributed by atoms with E-state index in [-0.39, 0.29) is 35.5 Å². The molecule has 43 heavy (non-hydrogen) atoms. The van der Waals surface area contributed by atoms with Gasteiger partial charge in [-0.1, -0.05) is 60.3 Å². The number of fused-ring (bicyclic) bond motifs is 1. The highest BCUT2D eigenvalue weighted by atomic mass is 32.2. The second-order valence-electron chi connectivity index (χ2n) is 8.92. The van der Waals surface area contributed by atoms with E-state index in [0.29, 0.717) is 33.2 Å². The molecule has 0 fully saturated rings. The highest BCUT2D eigenvalue weighted by Crippen LogP contribution is 2.25. The van der Waals surface area contributed by atoms with Crippen LogP contribution in [-0.2, 0) is 9.59 Å². The Morgan fingerprint density at radius 2 is 1.53 bits per heavy atom. The van der Waals surface area contributed by atoms with Gasteiger partial charge in [0.25, 0.3) is 5.69 Å². The molecule has 1 aromatic heterocycles. The Balaban J connectivity index is 0.000000273. The zero-order chi connectivity index (χ0) is 30.6. The van der Waals surface area contributed by atoms with E-state index < -0.39 is 4.92 Å². The summed E-state index contributed by atoms with van der Waals surface area (Å²) in [7, 11) is 1.51. The predicted molar refractivity (Wildman–Crippen MR) is 165 cm³/mol. The molecular formula is C31H27N5O6S. The van der Waals surface area contributed by atoms with E-state index in [4.69, 9.17) is 4.74 Å². The maximum atomic E-state index is 12.2. The van der Waals surface area contributed by atoms with Crippen LogP contribution in [0, 0.1) is 10.1 Å². The zero-order valence-electron chi connectivity index (χ0n) is 23.0. The van der Waals surface area contributed by atoms with Crippen molar-refractivity contribution >= 4 is 51.8 Å². The van der Waals surface area contributed by atoms with Gasteiger partial charge in [-0.2, -0.15) is 0 Å². The quantitative estimate of drug-likeness (QED) is 0.0582. The number of ketones is 1. The summed E-state index contributed by atoms with van der Waals surface area (Å²) in [6.45, 7) is 0. The predicted octanol–water partition coefficient (Wildman–Crippen LogP) is 6.00. The van der Waals surface area contributed by atoms with Crippen molar-refractivity contribution in [1.29, 1.82) is 0 Å². The highest BCUT2D eigenvalue weighted by Gasteiger charge is 2.12. The van der Waals surface area contributed by atoms with Gasteiger partial charge in [-0.05, 0) is 42.5 Å². The molecule has 0 unspecified atom stereocenters. The molecule has 0 spiro atoms. The van der Waals surface area contributed by atoms with Gasteiger partial charge in [-0.25, -0.2) is 4.98 Å². The van der Waals surface area contributed by atoms with Crippen LogP contribution in [0.5, 0.6) is 11.5 Å². The Kier molecular flexibility index (Phi) is 10.6. The van der Waals surface area contributed by atoms with Gasteiger partial charge in [-0.15, -0.1) is 0 Å². The maximum absolute atomic E-state index is 12.2. The molecule has 2 amide bonds. The molecule has 0 saturated carbocycles. The second kappa shape index (κ2) is 14.9. The van der Waals surface area contributed by atoms with E-state index in [2.05, 4.69) is 20.6 Å². The zero-order valence-corrected chi connectivity index (χ0v) is 23.8. The molecule has 0 saturated heterocycles. The summed E-state index contributed by atoms with van der Waals surface area (Å²) >= 11 is 1.22. The van der Waals surface area contributed by atoms with Crippen molar-refractivity contribution in [3.05, 3.63) is 119 Å². The van der Waals surface area contributed by atoms with Gasteiger partial charge in [0, 0.05) is 30.4 Å². The average Bonchev–Trinajstić information content (AvgIpc) is 3.44. The fraction of sp³-hybridized carbons (Fsp3) is 0.0968. The summed E-state index contributed by atoms with van der Waals surface area (Å²) in [6.07, 6.45) is -0.0828. The largest absolute Gasteiger partial charge is 0.457 e. The van der Waals surface area contributed by atoms with Crippen molar-refractivity contribution < 1.29 is 24.0 Å². The molecule has 5 aromatic rings. The van der Waals surface area contributed by atoms with Gasteiger partial charge in [0.15, 0.2) is 10.9 Å². The van der Waals surface area contributed by atoms with Crippen molar-refractivity contribution in [3.63, 3.8) is 0 Å². The number of nitro benzene ring substituents is 1. The number of imidazole rings is 1. The van der Waals surface area contributed by atoms with Crippen LogP contribution in [0.3, 0.4) is 0 Å². The molecule has 0 aliphatic rings. The third-order valence-electron chi connectivity index (χ3n) is 5.81. The standard InChI is InChI=1S/C21H16N4O4S.C10H11NO2/c26-20(13-30-21-23-18-11-8-15(25(27)28)12-19(18)24-21)22-14-6-9-17(10-7-14)29-16-4-2-1-3-5-16;1-11-10(13)7-9(12)8-5-3-2-4-6-8/h1-12H,13H2,(H,22,26)(H,23,24);2-6H,7H2,1H3,(H,11,13). The maximum Gasteiger partial charge on any atom is 0.271 e. The topological polar surface area (TPSA) is 156 Å². The van der Waals surface area contributed by atoms with Crippen LogP contribution in [-0.4, -0.2) is 45.3 Å². The van der Waals surface area contributed by atoms with Gasteiger partial charge in [0.2, 0.25) is 11.8 Å². The number of carbonyl (C=O) groups is 3. The fourth-order valence-corrected chi connectivity index (χ4v) is 4.36. The van der Waals surface area contributed by atoms with E-state index in [1.54, 1.807) is 54.6 Å².